The van der Waals surface area contributed by atoms with Gasteiger partial charge in [0.15, 0.2) is 5.96 Å². The van der Waals surface area contributed by atoms with E-state index in [0.717, 1.165) is 29.5 Å². The highest BCUT2D eigenvalue weighted by Gasteiger charge is 2.09. The standard InChI is InChI=1S/C18H24N6.HI/c1-5-20-18(21-11-16-8-6-15(10-19)7-9-16)22-12-17-13(2)23-24(4)14(17)3;/h6-9H,5,11-12H2,1-4H3,(H2,20,21,22);1H. The summed E-state index contributed by atoms with van der Waals surface area (Å²) in [6.07, 6.45) is 0. The third kappa shape index (κ3) is 5.74. The fourth-order valence-electron chi connectivity index (χ4n) is 2.44. The Balaban J connectivity index is 0.00000312. The summed E-state index contributed by atoms with van der Waals surface area (Å²) in [5.74, 6) is 0.768. The van der Waals surface area contributed by atoms with Crippen LogP contribution in [0, 0.1) is 25.2 Å². The highest BCUT2D eigenvalue weighted by Crippen LogP contribution is 2.11. The molecule has 0 fully saturated rings. The molecule has 0 amide bonds. The van der Waals surface area contributed by atoms with E-state index in [1.807, 2.05) is 49.8 Å². The van der Waals surface area contributed by atoms with Gasteiger partial charge in [-0.05, 0) is 38.5 Å². The van der Waals surface area contributed by atoms with Crippen molar-refractivity contribution in [3.05, 3.63) is 52.3 Å². The predicted octanol–water partition coefficient (Wildman–Crippen LogP) is 2.78. The maximum Gasteiger partial charge on any atom is 0.191 e. The normalized spacial score (nSPS) is 10.8. The van der Waals surface area contributed by atoms with Crippen molar-refractivity contribution in [2.75, 3.05) is 6.54 Å². The SMILES string of the molecule is CCNC(=NCc1ccc(C#N)cc1)NCc1c(C)nn(C)c1C.I. The zero-order chi connectivity index (χ0) is 17.5. The Kier molecular flexibility index (Phi) is 8.41. The van der Waals surface area contributed by atoms with Gasteiger partial charge in [-0.1, -0.05) is 12.1 Å². The number of hydrogen-bond donors (Lipinski definition) is 2. The Labute approximate surface area is 166 Å². The van der Waals surface area contributed by atoms with Gasteiger partial charge in [0, 0.05) is 31.4 Å². The monoisotopic (exact) mass is 452 g/mol. The quantitative estimate of drug-likeness (QED) is 0.416. The molecule has 25 heavy (non-hydrogen) atoms. The molecule has 0 bridgehead atoms. The van der Waals surface area contributed by atoms with Crippen molar-refractivity contribution in [3.63, 3.8) is 0 Å². The van der Waals surface area contributed by atoms with E-state index in [9.17, 15) is 0 Å². The molecule has 0 aliphatic rings. The highest BCUT2D eigenvalue weighted by atomic mass is 127. The van der Waals surface area contributed by atoms with Crippen LogP contribution in [-0.2, 0) is 20.1 Å². The van der Waals surface area contributed by atoms with Crippen LogP contribution in [0.15, 0.2) is 29.3 Å². The summed E-state index contributed by atoms with van der Waals surface area (Å²) in [7, 11) is 1.95. The number of hydrogen-bond acceptors (Lipinski definition) is 3. The van der Waals surface area contributed by atoms with Gasteiger partial charge in [-0.15, -0.1) is 24.0 Å². The van der Waals surface area contributed by atoms with Crippen LogP contribution in [0.25, 0.3) is 0 Å². The fraction of sp³-hybridized carbons (Fsp3) is 0.389. The van der Waals surface area contributed by atoms with Crippen LogP contribution in [0.1, 0.15) is 35.0 Å². The van der Waals surface area contributed by atoms with Crippen LogP contribution < -0.4 is 10.6 Å². The van der Waals surface area contributed by atoms with E-state index in [1.165, 1.54) is 5.56 Å². The molecule has 7 heteroatoms. The molecule has 6 nitrogen and oxygen atoms in total. The van der Waals surface area contributed by atoms with Crippen molar-refractivity contribution in [1.82, 2.24) is 20.4 Å². The molecule has 0 aliphatic carbocycles. The lowest BCUT2D eigenvalue weighted by molar-refractivity contribution is 0.728. The van der Waals surface area contributed by atoms with Gasteiger partial charge in [-0.3, -0.25) is 4.68 Å². The van der Waals surface area contributed by atoms with Gasteiger partial charge in [0.25, 0.3) is 0 Å². The van der Waals surface area contributed by atoms with E-state index in [4.69, 9.17) is 5.26 Å². The number of halogens is 1. The Hall–Kier alpha value is -2.08. The Morgan fingerprint density at radius 2 is 1.92 bits per heavy atom. The van der Waals surface area contributed by atoms with Crippen LogP contribution in [-0.4, -0.2) is 22.3 Å². The van der Waals surface area contributed by atoms with Gasteiger partial charge in [-0.2, -0.15) is 10.4 Å². The van der Waals surface area contributed by atoms with Crippen LogP contribution in [0.4, 0.5) is 0 Å². The smallest absolute Gasteiger partial charge is 0.191 e. The minimum absolute atomic E-state index is 0. The summed E-state index contributed by atoms with van der Waals surface area (Å²) in [6.45, 7) is 8.17. The molecule has 0 atom stereocenters. The first-order valence-electron chi connectivity index (χ1n) is 8.05. The maximum absolute atomic E-state index is 8.84. The molecule has 2 rings (SSSR count). The Bertz CT molecular complexity index is 755. The molecule has 0 saturated carbocycles. The van der Waals surface area contributed by atoms with E-state index in [2.05, 4.69) is 33.7 Å². The lowest BCUT2D eigenvalue weighted by Gasteiger charge is -2.11. The lowest BCUT2D eigenvalue weighted by atomic mass is 10.1. The van der Waals surface area contributed by atoms with Gasteiger partial charge in [0.05, 0.1) is 23.9 Å². The number of aliphatic imine (C=N–C) groups is 1. The molecule has 1 aromatic heterocycles. The molecule has 0 spiro atoms. The van der Waals surface area contributed by atoms with Crippen molar-refractivity contribution in [1.29, 1.82) is 5.26 Å². The van der Waals surface area contributed by atoms with Gasteiger partial charge >= 0.3 is 0 Å². The molecule has 0 aliphatic heterocycles. The molecule has 1 aromatic carbocycles. The molecular formula is C18H25IN6. The number of aromatic nitrogens is 2. The van der Waals surface area contributed by atoms with Crippen molar-refractivity contribution in [2.45, 2.75) is 33.9 Å². The average molecular weight is 452 g/mol. The van der Waals surface area contributed by atoms with Crippen LogP contribution in [0.3, 0.4) is 0 Å². The number of benzene rings is 1. The van der Waals surface area contributed by atoms with Crippen molar-refractivity contribution in [2.24, 2.45) is 12.0 Å². The summed E-state index contributed by atoms with van der Waals surface area (Å²) in [6, 6.07) is 9.61. The van der Waals surface area contributed by atoms with E-state index >= 15 is 0 Å². The first-order chi connectivity index (χ1) is 11.5. The summed E-state index contributed by atoms with van der Waals surface area (Å²) in [5.41, 5.74) is 5.12. The minimum Gasteiger partial charge on any atom is -0.357 e. The van der Waals surface area contributed by atoms with Gasteiger partial charge < -0.3 is 10.6 Å². The molecule has 1 heterocycles. The fourth-order valence-corrected chi connectivity index (χ4v) is 2.44. The molecule has 0 radical (unpaired) electrons. The minimum atomic E-state index is 0. The zero-order valence-electron chi connectivity index (χ0n) is 15.1. The summed E-state index contributed by atoms with van der Waals surface area (Å²) in [5, 5.41) is 19.9. The Morgan fingerprint density at radius 1 is 1.24 bits per heavy atom. The van der Waals surface area contributed by atoms with Gasteiger partial charge in [0.1, 0.15) is 0 Å². The van der Waals surface area contributed by atoms with Crippen molar-refractivity contribution in [3.8, 4) is 6.07 Å². The predicted molar refractivity (Wildman–Crippen MR) is 111 cm³/mol. The number of rotatable bonds is 5. The van der Waals surface area contributed by atoms with Crippen LogP contribution >= 0.6 is 24.0 Å². The van der Waals surface area contributed by atoms with Gasteiger partial charge in [-0.25, -0.2) is 4.99 Å². The largest absolute Gasteiger partial charge is 0.357 e. The number of nitrogens with one attached hydrogen (secondary N) is 2. The van der Waals surface area contributed by atoms with E-state index < -0.39 is 0 Å². The third-order valence-corrected chi connectivity index (χ3v) is 3.94. The number of guanidine groups is 1. The summed E-state index contributed by atoms with van der Waals surface area (Å²) < 4.78 is 1.90. The number of nitrogens with zero attached hydrogens (tertiary/aromatic N) is 4. The van der Waals surface area contributed by atoms with E-state index in [0.29, 0.717) is 18.7 Å². The summed E-state index contributed by atoms with van der Waals surface area (Å²) >= 11 is 0. The molecular weight excluding hydrogens is 427 g/mol. The second kappa shape index (κ2) is 10.0. The molecule has 0 saturated heterocycles. The zero-order valence-corrected chi connectivity index (χ0v) is 17.5. The van der Waals surface area contributed by atoms with E-state index in [-0.39, 0.29) is 24.0 Å². The lowest BCUT2D eigenvalue weighted by Crippen LogP contribution is -2.37. The number of aryl methyl sites for hydroxylation is 2. The first kappa shape index (κ1) is 21.0. The highest BCUT2D eigenvalue weighted by molar-refractivity contribution is 14.0. The number of nitriles is 1. The third-order valence-electron chi connectivity index (χ3n) is 3.94. The van der Waals surface area contributed by atoms with Crippen molar-refractivity contribution >= 4 is 29.9 Å². The van der Waals surface area contributed by atoms with Gasteiger partial charge in [0.2, 0.25) is 0 Å². The van der Waals surface area contributed by atoms with Crippen LogP contribution in [0.2, 0.25) is 0 Å². The van der Waals surface area contributed by atoms with Crippen molar-refractivity contribution < 1.29 is 0 Å². The second-order valence-corrected chi connectivity index (χ2v) is 5.63. The topological polar surface area (TPSA) is 78.0 Å². The molecule has 2 N–H and O–H groups in total. The summed E-state index contributed by atoms with van der Waals surface area (Å²) in [4.78, 5) is 4.60. The van der Waals surface area contributed by atoms with Crippen LogP contribution in [0.5, 0.6) is 0 Å². The molecule has 134 valence electrons. The second-order valence-electron chi connectivity index (χ2n) is 5.63. The maximum atomic E-state index is 8.84. The molecule has 0 unspecified atom stereocenters. The van der Waals surface area contributed by atoms with E-state index in [1.54, 1.807) is 0 Å². The average Bonchev–Trinajstić information content (AvgIpc) is 2.83. The molecule has 2 aromatic rings. The Morgan fingerprint density at radius 3 is 2.44 bits per heavy atom. The first-order valence-corrected chi connectivity index (χ1v) is 8.05.